The number of carbonyl (C=O) groups excluding carboxylic acids is 1. The van der Waals surface area contributed by atoms with E-state index >= 15 is 0 Å². The summed E-state index contributed by atoms with van der Waals surface area (Å²) in [5.74, 6) is 2.01. The van der Waals surface area contributed by atoms with E-state index in [9.17, 15) is 4.79 Å². The van der Waals surface area contributed by atoms with E-state index in [1.165, 1.54) is 0 Å². The number of ether oxygens (including phenoxy) is 3. The van der Waals surface area contributed by atoms with Crippen LogP contribution in [-0.2, 0) is 4.79 Å². The lowest BCUT2D eigenvalue weighted by atomic mass is 9.89. The maximum absolute atomic E-state index is 12.9. The molecule has 0 aliphatic carbocycles. The van der Waals surface area contributed by atoms with Crippen LogP contribution in [0.4, 0.5) is 0 Å². The Morgan fingerprint density at radius 2 is 1.96 bits per heavy atom. The molecule has 0 saturated carbocycles. The molecule has 2 aromatic carbocycles. The molecule has 1 N–H and O–H groups in total. The highest BCUT2D eigenvalue weighted by molar-refractivity contribution is 5.81. The lowest BCUT2D eigenvalue weighted by Gasteiger charge is -2.38. The highest BCUT2D eigenvalue weighted by atomic mass is 16.5. The van der Waals surface area contributed by atoms with Crippen molar-refractivity contribution in [3.8, 4) is 17.2 Å². The van der Waals surface area contributed by atoms with Gasteiger partial charge in [0.15, 0.2) is 6.10 Å². The Balaban J connectivity index is 1.74. The summed E-state index contributed by atoms with van der Waals surface area (Å²) >= 11 is 0. The van der Waals surface area contributed by atoms with Crippen LogP contribution in [-0.4, -0.2) is 24.7 Å². The summed E-state index contributed by atoms with van der Waals surface area (Å²) in [6.45, 7) is 6.00. The molecule has 2 aromatic rings. The summed E-state index contributed by atoms with van der Waals surface area (Å²) in [4.78, 5) is 12.9. The lowest BCUT2D eigenvalue weighted by molar-refractivity contribution is -0.129. The zero-order valence-electron chi connectivity index (χ0n) is 16.3. The van der Waals surface area contributed by atoms with E-state index in [-0.39, 0.29) is 17.6 Å². The van der Waals surface area contributed by atoms with Crippen molar-refractivity contribution in [2.24, 2.45) is 0 Å². The Morgan fingerprint density at radius 1 is 1.22 bits per heavy atom. The lowest BCUT2D eigenvalue weighted by Crippen LogP contribution is -2.45. The molecule has 5 nitrogen and oxygen atoms in total. The number of fused-ring (bicyclic) bond motifs is 1. The number of methoxy groups -OCH3 is 1. The van der Waals surface area contributed by atoms with Crippen LogP contribution in [0.2, 0.25) is 0 Å². The summed E-state index contributed by atoms with van der Waals surface area (Å²) in [6.07, 6.45) is 0.693. The van der Waals surface area contributed by atoms with Crippen molar-refractivity contribution >= 4 is 5.91 Å². The van der Waals surface area contributed by atoms with Gasteiger partial charge in [-0.2, -0.15) is 0 Å². The third-order valence-electron chi connectivity index (χ3n) is 4.68. The quantitative estimate of drug-likeness (QED) is 0.826. The number of rotatable bonds is 6. The summed E-state index contributed by atoms with van der Waals surface area (Å²) < 4.78 is 17.2. The predicted molar refractivity (Wildman–Crippen MR) is 104 cm³/mol. The van der Waals surface area contributed by atoms with Crippen LogP contribution in [0.3, 0.4) is 0 Å². The Bertz CT molecular complexity index is 802. The number of para-hydroxylation sites is 1. The molecule has 0 unspecified atom stereocenters. The van der Waals surface area contributed by atoms with Crippen molar-refractivity contribution in [2.75, 3.05) is 7.11 Å². The molecule has 0 bridgehead atoms. The van der Waals surface area contributed by atoms with Gasteiger partial charge in [-0.3, -0.25) is 4.79 Å². The van der Waals surface area contributed by atoms with E-state index in [2.05, 4.69) is 5.32 Å². The van der Waals surface area contributed by atoms with Gasteiger partial charge in [-0.15, -0.1) is 0 Å². The van der Waals surface area contributed by atoms with Gasteiger partial charge in [-0.25, -0.2) is 0 Å². The Kier molecular flexibility index (Phi) is 5.59. The van der Waals surface area contributed by atoms with E-state index in [0.717, 1.165) is 11.3 Å². The van der Waals surface area contributed by atoms with E-state index in [0.29, 0.717) is 24.3 Å². The molecule has 0 saturated heterocycles. The Labute approximate surface area is 160 Å². The molecule has 0 spiro atoms. The highest BCUT2D eigenvalue weighted by Gasteiger charge is 2.35. The number of hydrogen-bond donors (Lipinski definition) is 1. The van der Waals surface area contributed by atoms with Crippen molar-refractivity contribution in [2.45, 2.75) is 51.4 Å². The number of amides is 1. The van der Waals surface area contributed by atoms with Gasteiger partial charge in [-0.1, -0.05) is 31.2 Å². The van der Waals surface area contributed by atoms with Crippen LogP contribution in [0.25, 0.3) is 0 Å². The summed E-state index contributed by atoms with van der Waals surface area (Å²) in [6, 6.07) is 15.0. The fourth-order valence-corrected chi connectivity index (χ4v) is 3.36. The van der Waals surface area contributed by atoms with Crippen LogP contribution in [0.15, 0.2) is 48.5 Å². The number of nitrogens with one attached hydrogen (secondary N) is 1. The smallest absolute Gasteiger partial charge is 0.261 e. The highest BCUT2D eigenvalue weighted by Crippen LogP contribution is 2.39. The van der Waals surface area contributed by atoms with E-state index < -0.39 is 6.10 Å². The molecule has 1 heterocycles. The number of benzene rings is 2. The first-order chi connectivity index (χ1) is 12.9. The summed E-state index contributed by atoms with van der Waals surface area (Å²) in [5.41, 5.74) is 0.656. The molecule has 2 atom stereocenters. The van der Waals surface area contributed by atoms with Crippen molar-refractivity contribution in [3.05, 3.63) is 54.1 Å². The van der Waals surface area contributed by atoms with Crippen LogP contribution in [0, 0.1) is 0 Å². The maximum Gasteiger partial charge on any atom is 0.261 e. The summed E-state index contributed by atoms with van der Waals surface area (Å²) in [5, 5.41) is 3.16. The molecule has 27 heavy (non-hydrogen) atoms. The van der Waals surface area contributed by atoms with E-state index in [4.69, 9.17) is 14.2 Å². The van der Waals surface area contributed by atoms with Crippen molar-refractivity contribution < 1.29 is 19.0 Å². The van der Waals surface area contributed by atoms with E-state index in [1.54, 1.807) is 13.2 Å². The largest absolute Gasteiger partial charge is 0.497 e. The van der Waals surface area contributed by atoms with Crippen LogP contribution in [0.1, 0.15) is 45.2 Å². The molecule has 5 heteroatoms. The second-order valence-corrected chi connectivity index (χ2v) is 7.36. The van der Waals surface area contributed by atoms with Gasteiger partial charge in [-0.05, 0) is 38.5 Å². The Hall–Kier alpha value is -2.69. The molecular formula is C22H27NO4. The first-order valence-electron chi connectivity index (χ1n) is 9.31. The maximum atomic E-state index is 12.9. The van der Waals surface area contributed by atoms with Crippen molar-refractivity contribution in [1.29, 1.82) is 0 Å². The monoisotopic (exact) mass is 369 g/mol. The standard InChI is InChI=1S/C22H27NO4/c1-5-19(26-16-10-8-9-15(13-16)25-4)21(24)23-18-14-22(2,3)27-20-12-7-6-11-17(18)20/h6-13,18-19H,5,14H2,1-4H3,(H,23,24)/t18-,19-/m1/s1. The van der Waals surface area contributed by atoms with Gasteiger partial charge in [0.2, 0.25) is 0 Å². The molecule has 1 amide bonds. The fourth-order valence-electron chi connectivity index (χ4n) is 3.36. The zero-order chi connectivity index (χ0) is 19.4. The van der Waals surface area contributed by atoms with Gasteiger partial charge in [0, 0.05) is 18.1 Å². The zero-order valence-corrected chi connectivity index (χ0v) is 16.3. The van der Waals surface area contributed by atoms with Crippen LogP contribution in [0.5, 0.6) is 17.2 Å². The predicted octanol–water partition coefficient (Wildman–Crippen LogP) is 4.27. The first kappa shape index (κ1) is 19.1. The SMILES string of the molecule is CC[C@@H](Oc1cccc(OC)c1)C(=O)N[C@@H]1CC(C)(C)Oc2ccccc21. The number of carbonyl (C=O) groups is 1. The van der Waals surface area contributed by atoms with Crippen molar-refractivity contribution in [1.82, 2.24) is 5.32 Å². The van der Waals surface area contributed by atoms with Gasteiger partial charge in [0.25, 0.3) is 5.91 Å². The minimum atomic E-state index is -0.574. The molecule has 1 aliphatic heterocycles. The third-order valence-corrected chi connectivity index (χ3v) is 4.68. The van der Waals surface area contributed by atoms with Crippen LogP contribution >= 0.6 is 0 Å². The molecule has 3 rings (SSSR count). The summed E-state index contributed by atoms with van der Waals surface area (Å²) in [7, 11) is 1.60. The van der Waals surface area contributed by atoms with Crippen LogP contribution < -0.4 is 19.5 Å². The molecule has 0 aromatic heterocycles. The average Bonchev–Trinajstić information content (AvgIpc) is 2.65. The molecule has 144 valence electrons. The normalized spacial score (nSPS) is 18.6. The molecule has 0 radical (unpaired) electrons. The van der Waals surface area contributed by atoms with Gasteiger partial charge in [0.1, 0.15) is 22.8 Å². The van der Waals surface area contributed by atoms with Crippen molar-refractivity contribution in [3.63, 3.8) is 0 Å². The second kappa shape index (κ2) is 7.91. The molecule has 1 aliphatic rings. The Morgan fingerprint density at radius 3 is 2.70 bits per heavy atom. The first-order valence-corrected chi connectivity index (χ1v) is 9.31. The fraction of sp³-hybridized carbons (Fsp3) is 0.409. The minimum Gasteiger partial charge on any atom is -0.497 e. The topological polar surface area (TPSA) is 56.8 Å². The average molecular weight is 369 g/mol. The van der Waals surface area contributed by atoms with Gasteiger partial charge >= 0.3 is 0 Å². The minimum absolute atomic E-state index is 0.111. The number of hydrogen-bond acceptors (Lipinski definition) is 4. The van der Waals surface area contributed by atoms with Gasteiger partial charge in [0.05, 0.1) is 13.2 Å². The third kappa shape index (κ3) is 4.54. The van der Waals surface area contributed by atoms with E-state index in [1.807, 2.05) is 63.2 Å². The molecule has 0 fully saturated rings. The second-order valence-electron chi connectivity index (χ2n) is 7.36. The molecular weight excluding hydrogens is 342 g/mol. The van der Waals surface area contributed by atoms with Gasteiger partial charge < -0.3 is 19.5 Å².